The highest BCUT2D eigenvalue weighted by atomic mass is 19.1. The monoisotopic (exact) mass is 341 g/mol. The Labute approximate surface area is 146 Å². The van der Waals surface area contributed by atoms with Gasteiger partial charge < -0.3 is 4.74 Å². The first kappa shape index (κ1) is 17.3. The maximum absolute atomic E-state index is 13.4. The fourth-order valence-corrected chi connectivity index (χ4v) is 3.31. The Bertz CT molecular complexity index is 841. The number of hydrogen-bond donors (Lipinski definition) is 0. The lowest BCUT2D eigenvalue weighted by Crippen LogP contribution is -2.21. The number of pyridine rings is 1. The summed E-state index contributed by atoms with van der Waals surface area (Å²) in [6.07, 6.45) is 1.86. The second kappa shape index (κ2) is 6.75. The molecule has 130 valence electrons. The van der Waals surface area contributed by atoms with E-state index in [2.05, 4.69) is 4.98 Å². The Morgan fingerprint density at radius 1 is 1.16 bits per heavy atom. The van der Waals surface area contributed by atoms with Crippen molar-refractivity contribution in [3.63, 3.8) is 0 Å². The number of ketones is 1. The van der Waals surface area contributed by atoms with Gasteiger partial charge in [0.25, 0.3) is 0 Å². The van der Waals surface area contributed by atoms with Gasteiger partial charge in [-0.25, -0.2) is 9.18 Å². The Balaban J connectivity index is 2.42. The summed E-state index contributed by atoms with van der Waals surface area (Å²) in [6.45, 7) is 3.89. The molecule has 0 bridgehead atoms. The summed E-state index contributed by atoms with van der Waals surface area (Å²) in [6, 6.07) is 5.82. The average molecular weight is 341 g/mol. The van der Waals surface area contributed by atoms with E-state index in [-0.39, 0.29) is 17.5 Å². The number of aryl methyl sites for hydroxylation is 1. The van der Waals surface area contributed by atoms with Crippen LogP contribution in [0.5, 0.6) is 0 Å². The largest absolute Gasteiger partial charge is 0.465 e. The molecule has 0 aliphatic heterocycles. The van der Waals surface area contributed by atoms with Gasteiger partial charge in [0.15, 0.2) is 5.78 Å². The maximum atomic E-state index is 13.4. The minimum atomic E-state index is -0.531. The van der Waals surface area contributed by atoms with Gasteiger partial charge in [-0.05, 0) is 36.5 Å². The lowest BCUT2D eigenvalue weighted by molar-refractivity contribution is 0.0599. The predicted molar refractivity (Wildman–Crippen MR) is 92.3 cm³/mol. The van der Waals surface area contributed by atoms with E-state index >= 15 is 0 Å². The molecule has 4 nitrogen and oxygen atoms in total. The Hall–Kier alpha value is -2.56. The molecule has 3 rings (SSSR count). The van der Waals surface area contributed by atoms with Gasteiger partial charge in [-0.3, -0.25) is 9.78 Å². The summed E-state index contributed by atoms with van der Waals surface area (Å²) in [4.78, 5) is 29.8. The molecule has 0 atom stereocenters. The van der Waals surface area contributed by atoms with Crippen LogP contribution in [0.15, 0.2) is 24.3 Å². The van der Waals surface area contributed by atoms with E-state index in [9.17, 15) is 14.0 Å². The predicted octanol–water partition coefficient (Wildman–Crippen LogP) is 4.32. The fraction of sp³-hybridized carbons (Fsp3) is 0.350. The lowest BCUT2D eigenvalue weighted by atomic mass is 9.83. The molecule has 1 aliphatic rings. The van der Waals surface area contributed by atoms with E-state index in [0.717, 1.165) is 6.42 Å². The second-order valence-electron chi connectivity index (χ2n) is 6.50. The van der Waals surface area contributed by atoms with Crippen LogP contribution >= 0.6 is 0 Å². The number of benzene rings is 1. The molecule has 25 heavy (non-hydrogen) atoms. The number of fused-ring (bicyclic) bond motifs is 1. The molecule has 1 aromatic heterocycles. The molecule has 0 saturated heterocycles. The van der Waals surface area contributed by atoms with Crippen molar-refractivity contribution in [3.8, 4) is 11.1 Å². The molecule has 0 spiro atoms. The summed E-state index contributed by atoms with van der Waals surface area (Å²) in [5, 5.41) is 0. The van der Waals surface area contributed by atoms with Crippen molar-refractivity contribution < 1.29 is 18.7 Å². The third kappa shape index (κ3) is 3.06. The van der Waals surface area contributed by atoms with E-state index < -0.39 is 5.97 Å². The number of rotatable bonds is 3. The molecule has 0 amide bonds. The van der Waals surface area contributed by atoms with E-state index in [1.165, 1.54) is 19.2 Å². The van der Waals surface area contributed by atoms with E-state index in [4.69, 9.17) is 4.74 Å². The quantitative estimate of drug-likeness (QED) is 0.780. The van der Waals surface area contributed by atoms with Gasteiger partial charge >= 0.3 is 5.97 Å². The van der Waals surface area contributed by atoms with Crippen LogP contribution in [0.1, 0.15) is 64.7 Å². The molecule has 0 radical (unpaired) electrons. The highest BCUT2D eigenvalue weighted by Gasteiger charge is 2.31. The number of ether oxygens (including phenoxy) is 1. The molecule has 0 fully saturated rings. The maximum Gasteiger partial charge on any atom is 0.340 e. The van der Waals surface area contributed by atoms with Crippen LogP contribution in [0.3, 0.4) is 0 Å². The third-order valence-electron chi connectivity index (χ3n) is 4.47. The first-order valence-corrected chi connectivity index (χ1v) is 8.38. The number of carbonyl (C=O) groups is 2. The van der Waals surface area contributed by atoms with Crippen LogP contribution in [-0.2, 0) is 11.2 Å². The number of halogens is 1. The fourth-order valence-electron chi connectivity index (χ4n) is 3.31. The molecule has 0 N–H and O–H groups in total. The Morgan fingerprint density at radius 2 is 1.84 bits per heavy atom. The third-order valence-corrected chi connectivity index (χ3v) is 4.47. The van der Waals surface area contributed by atoms with E-state index in [0.29, 0.717) is 46.5 Å². The highest BCUT2D eigenvalue weighted by Crippen LogP contribution is 2.37. The topological polar surface area (TPSA) is 56.3 Å². The van der Waals surface area contributed by atoms with Gasteiger partial charge in [0, 0.05) is 17.5 Å². The minimum absolute atomic E-state index is 0.0179. The van der Waals surface area contributed by atoms with Gasteiger partial charge in [0.05, 0.1) is 24.1 Å². The van der Waals surface area contributed by atoms with Crippen LogP contribution in [0.25, 0.3) is 11.1 Å². The first-order chi connectivity index (χ1) is 11.9. The number of carbonyl (C=O) groups excluding carboxylic acids is 2. The lowest BCUT2D eigenvalue weighted by Gasteiger charge is -2.24. The summed E-state index contributed by atoms with van der Waals surface area (Å²) in [5.41, 5.74) is 3.25. The average Bonchev–Trinajstić information content (AvgIpc) is 2.60. The number of methoxy groups -OCH3 is 1. The number of Topliss-reactive ketones (excluding diaryl/α,β-unsaturated/α-hetero) is 1. The van der Waals surface area contributed by atoms with Gasteiger partial charge in [0.2, 0.25) is 0 Å². The summed E-state index contributed by atoms with van der Waals surface area (Å²) >= 11 is 0. The molecule has 1 aliphatic carbocycles. The van der Waals surface area contributed by atoms with Crippen LogP contribution in [0, 0.1) is 5.82 Å². The zero-order valence-electron chi connectivity index (χ0n) is 14.6. The van der Waals surface area contributed by atoms with Crippen molar-refractivity contribution in [3.05, 3.63) is 52.6 Å². The molecule has 1 aromatic carbocycles. The first-order valence-electron chi connectivity index (χ1n) is 8.38. The highest BCUT2D eigenvalue weighted by molar-refractivity contribution is 6.10. The molecule has 2 aromatic rings. The SMILES string of the molecule is COC(=O)c1c(C(C)C)nc2c(c1-c1ccc(F)cc1)C(=O)CCC2. The molecule has 0 unspecified atom stereocenters. The normalized spacial score (nSPS) is 13.7. The number of hydrogen-bond acceptors (Lipinski definition) is 4. The second-order valence-corrected chi connectivity index (χ2v) is 6.50. The molecular formula is C20H20FNO3. The van der Waals surface area contributed by atoms with Gasteiger partial charge in [-0.15, -0.1) is 0 Å². The zero-order chi connectivity index (χ0) is 18.1. The van der Waals surface area contributed by atoms with E-state index in [1.54, 1.807) is 12.1 Å². The number of aromatic nitrogens is 1. The van der Waals surface area contributed by atoms with Crippen molar-refractivity contribution >= 4 is 11.8 Å². The molecule has 5 heteroatoms. The van der Waals surface area contributed by atoms with E-state index in [1.807, 2.05) is 13.8 Å². The van der Waals surface area contributed by atoms with Gasteiger partial charge in [0.1, 0.15) is 5.82 Å². The number of esters is 1. The minimum Gasteiger partial charge on any atom is -0.465 e. The van der Waals surface area contributed by atoms with Crippen molar-refractivity contribution in [2.24, 2.45) is 0 Å². The number of nitrogens with zero attached hydrogens (tertiary/aromatic N) is 1. The van der Waals surface area contributed by atoms with Crippen molar-refractivity contribution in [2.45, 2.75) is 39.0 Å². The summed E-state index contributed by atoms with van der Waals surface area (Å²) < 4.78 is 18.4. The van der Waals surface area contributed by atoms with Crippen LogP contribution in [0.4, 0.5) is 4.39 Å². The van der Waals surface area contributed by atoms with Crippen LogP contribution in [-0.4, -0.2) is 23.8 Å². The summed E-state index contributed by atoms with van der Waals surface area (Å²) in [5.74, 6) is -0.956. The van der Waals surface area contributed by atoms with Crippen molar-refractivity contribution in [1.29, 1.82) is 0 Å². The molecule has 1 heterocycles. The van der Waals surface area contributed by atoms with Gasteiger partial charge in [-0.1, -0.05) is 26.0 Å². The Morgan fingerprint density at radius 3 is 2.44 bits per heavy atom. The van der Waals surface area contributed by atoms with Crippen LogP contribution < -0.4 is 0 Å². The molecular weight excluding hydrogens is 321 g/mol. The Kier molecular flexibility index (Phi) is 4.66. The van der Waals surface area contributed by atoms with Crippen molar-refractivity contribution in [2.75, 3.05) is 7.11 Å². The summed E-state index contributed by atoms with van der Waals surface area (Å²) in [7, 11) is 1.31. The molecule has 0 saturated carbocycles. The zero-order valence-corrected chi connectivity index (χ0v) is 14.6. The van der Waals surface area contributed by atoms with Crippen molar-refractivity contribution in [1.82, 2.24) is 4.98 Å². The van der Waals surface area contributed by atoms with Gasteiger partial charge in [-0.2, -0.15) is 0 Å². The van der Waals surface area contributed by atoms with Crippen LogP contribution in [0.2, 0.25) is 0 Å². The smallest absolute Gasteiger partial charge is 0.340 e. The standard InChI is InChI=1S/C20H20FNO3/c1-11(2)19-18(20(24)25-3)16(12-7-9-13(21)10-8-12)17-14(22-19)5-4-6-15(17)23/h7-11H,4-6H2,1-3H3.